The lowest BCUT2D eigenvalue weighted by Crippen LogP contribution is -2.10. The molecule has 3 nitrogen and oxygen atoms in total. The van der Waals surface area contributed by atoms with Crippen LogP contribution in [-0.4, -0.2) is 15.5 Å². The highest BCUT2D eigenvalue weighted by Crippen LogP contribution is 2.25. The van der Waals surface area contributed by atoms with Gasteiger partial charge in [0.1, 0.15) is 5.82 Å². The predicted molar refractivity (Wildman–Crippen MR) is 82.5 cm³/mol. The van der Waals surface area contributed by atoms with Gasteiger partial charge in [0.05, 0.1) is 6.54 Å². The van der Waals surface area contributed by atoms with Crippen molar-refractivity contribution in [2.75, 3.05) is 11.5 Å². The van der Waals surface area contributed by atoms with Crippen LogP contribution in [0.5, 0.6) is 0 Å². The zero-order valence-corrected chi connectivity index (χ0v) is 12.6. The van der Waals surface area contributed by atoms with Crippen molar-refractivity contribution in [1.82, 2.24) is 9.78 Å². The number of thioether (sulfide) groups is 1. The standard InChI is InChI=1S/C15H21N3S/c1-15(2,3)12-4-6-13(7-5-12)19-11-10-18-9-8-14(16)17-18/h4-9H,10-11H2,1-3H3,(H2,16,17). The van der Waals surface area contributed by atoms with Crippen LogP contribution in [0.1, 0.15) is 26.3 Å². The molecule has 0 aliphatic rings. The van der Waals surface area contributed by atoms with Crippen molar-refractivity contribution in [2.24, 2.45) is 0 Å². The molecule has 102 valence electrons. The van der Waals surface area contributed by atoms with Gasteiger partial charge in [0, 0.05) is 16.8 Å². The lowest BCUT2D eigenvalue weighted by molar-refractivity contribution is 0.590. The highest BCUT2D eigenvalue weighted by Gasteiger charge is 2.12. The van der Waals surface area contributed by atoms with E-state index in [0.29, 0.717) is 5.82 Å². The molecule has 0 amide bonds. The topological polar surface area (TPSA) is 43.8 Å². The second-order valence-electron chi connectivity index (χ2n) is 5.63. The van der Waals surface area contributed by atoms with Crippen LogP contribution in [0.15, 0.2) is 41.4 Å². The lowest BCUT2D eigenvalue weighted by atomic mass is 9.87. The quantitative estimate of drug-likeness (QED) is 0.868. The van der Waals surface area contributed by atoms with Gasteiger partial charge in [0.25, 0.3) is 0 Å². The first-order valence-electron chi connectivity index (χ1n) is 6.47. The number of nitrogen functional groups attached to an aromatic ring is 1. The first-order valence-corrected chi connectivity index (χ1v) is 7.46. The van der Waals surface area contributed by atoms with Crippen LogP contribution >= 0.6 is 11.8 Å². The Kier molecular flexibility index (Phi) is 4.20. The minimum atomic E-state index is 0.218. The van der Waals surface area contributed by atoms with Crippen LogP contribution in [0, 0.1) is 0 Å². The van der Waals surface area contributed by atoms with Gasteiger partial charge in [-0.3, -0.25) is 4.68 Å². The largest absolute Gasteiger partial charge is 0.382 e. The van der Waals surface area contributed by atoms with Gasteiger partial charge in [-0.15, -0.1) is 11.8 Å². The normalized spacial score (nSPS) is 11.7. The van der Waals surface area contributed by atoms with Crippen molar-refractivity contribution in [3.63, 3.8) is 0 Å². The molecule has 0 atom stereocenters. The van der Waals surface area contributed by atoms with Crippen molar-refractivity contribution >= 4 is 17.6 Å². The molecular formula is C15H21N3S. The van der Waals surface area contributed by atoms with Gasteiger partial charge < -0.3 is 5.73 Å². The molecule has 2 rings (SSSR count). The van der Waals surface area contributed by atoms with Crippen LogP contribution in [-0.2, 0) is 12.0 Å². The summed E-state index contributed by atoms with van der Waals surface area (Å²) in [7, 11) is 0. The molecule has 0 saturated carbocycles. The van der Waals surface area contributed by atoms with Gasteiger partial charge in [-0.25, -0.2) is 0 Å². The Morgan fingerprint density at radius 1 is 1.16 bits per heavy atom. The van der Waals surface area contributed by atoms with E-state index in [0.717, 1.165) is 12.3 Å². The third kappa shape index (κ3) is 4.03. The van der Waals surface area contributed by atoms with Crippen LogP contribution in [0.25, 0.3) is 0 Å². The fourth-order valence-corrected chi connectivity index (χ4v) is 2.65. The van der Waals surface area contributed by atoms with Crippen molar-refractivity contribution < 1.29 is 0 Å². The van der Waals surface area contributed by atoms with E-state index >= 15 is 0 Å². The number of nitrogens with two attached hydrogens (primary N) is 1. The third-order valence-corrected chi connectivity index (χ3v) is 3.96. The summed E-state index contributed by atoms with van der Waals surface area (Å²) in [4.78, 5) is 1.30. The summed E-state index contributed by atoms with van der Waals surface area (Å²) in [6.45, 7) is 7.58. The molecule has 0 radical (unpaired) electrons. The Balaban J connectivity index is 1.86. The van der Waals surface area contributed by atoms with Gasteiger partial charge in [-0.2, -0.15) is 5.10 Å². The molecule has 0 saturated heterocycles. The minimum absolute atomic E-state index is 0.218. The Bertz CT molecular complexity index is 523. The summed E-state index contributed by atoms with van der Waals surface area (Å²) in [6, 6.07) is 10.6. The van der Waals surface area contributed by atoms with Crippen LogP contribution < -0.4 is 5.73 Å². The molecule has 1 aromatic carbocycles. The second-order valence-corrected chi connectivity index (χ2v) is 6.79. The average Bonchev–Trinajstić information content (AvgIpc) is 2.75. The third-order valence-electron chi connectivity index (χ3n) is 2.97. The minimum Gasteiger partial charge on any atom is -0.382 e. The van der Waals surface area contributed by atoms with E-state index in [-0.39, 0.29) is 5.41 Å². The fourth-order valence-electron chi connectivity index (χ4n) is 1.81. The van der Waals surface area contributed by atoms with E-state index in [2.05, 4.69) is 50.1 Å². The molecule has 0 unspecified atom stereocenters. The van der Waals surface area contributed by atoms with Crippen LogP contribution in [0.4, 0.5) is 5.82 Å². The molecule has 0 bridgehead atoms. The number of aryl methyl sites for hydroxylation is 1. The zero-order valence-electron chi connectivity index (χ0n) is 11.8. The molecule has 2 N–H and O–H groups in total. The van der Waals surface area contributed by atoms with Gasteiger partial charge >= 0.3 is 0 Å². The molecule has 0 aliphatic heterocycles. The van der Waals surface area contributed by atoms with E-state index in [1.807, 2.05) is 28.7 Å². The van der Waals surface area contributed by atoms with Crippen molar-refractivity contribution in [3.05, 3.63) is 42.1 Å². The van der Waals surface area contributed by atoms with E-state index in [1.54, 1.807) is 0 Å². The number of nitrogens with zero attached hydrogens (tertiary/aromatic N) is 2. The highest BCUT2D eigenvalue weighted by molar-refractivity contribution is 7.99. The molecule has 19 heavy (non-hydrogen) atoms. The smallest absolute Gasteiger partial charge is 0.145 e. The first-order chi connectivity index (χ1) is 8.95. The summed E-state index contributed by atoms with van der Waals surface area (Å²) in [5.41, 5.74) is 7.17. The number of anilines is 1. The first kappa shape index (κ1) is 14.0. The van der Waals surface area contributed by atoms with Gasteiger partial charge in [0.2, 0.25) is 0 Å². The van der Waals surface area contributed by atoms with E-state index in [9.17, 15) is 0 Å². The van der Waals surface area contributed by atoms with Gasteiger partial charge in [0.15, 0.2) is 0 Å². The van der Waals surface area contributed by atoms with E-state index < -0.39 is 0 Å². The van der Waals surface area contributed by atoms with Gasteiger partial charge in [-0.1, -0.05) is 32.9 Å². The summed E-state index contributed by atoms with van der Waals surface area (Å²) < 4.78 is 1.88. The molecule has 0 fully saturated rings. The monoisotopic (exact) mass is 275 g/mol. The number of hydrogen-bond donors (Lipinski definition) is 1. The van der Waals surface area contributed by atoms with Crippen molar-refractivity contribution in [1.29, 1.82) is 0 Å². The number of hydrogen-bond acceptors (Lipinski definition) is 3. The molecule has 0 aliphatic carbocycles. The van der Waals surface area contributed by atoms with Crippen LogP contribution in [0.3, 0.4) is 0 Å². The van der Waals surface area contributed by atoms with E-state index in [1.165, 1.54) is 10.5 Å². The number of rotatable bonds is 4. The summed E-state index contributed by atoms with van der Waals surface area (Å²) in [5.74, 6) is 1.58. The molecule has 0 spiro atoms. The molecular weight excluding hydrogens is 254 g/mol. The van der Waals surface area contributed by atoms with Crippen molar-refractivity contribution in [3.8, 4) is 0 Å². The maximum atomic E-state index is 5.58. The van der Waals surface area contributed by atoms with Crippen LogP contribution in [0.2, 0.25) is 0 Å². The maximum absolute atomic E-state index is 5.58. The molecule has 1 heterocycles. The molecule has 4 heteroatoms. The Hall–Kier alpha value is -1.42. The zero-order chi connectivity index (χ0) is 13.9. The predicted octanol–water partition coefficient (Wildman–Crippen LogP) is 3.56. The molecule has 1 aromatic heterocycles. The SMILES string of the molecule is CC(C)(C)c1ccc(SCCn2ccc(N)n2)cc1. The fraction of sp³-hybridized carbons (Fsp3) is 0.400. The maximum Gasteiger partial charge on any atom is 0.145 e. The Labute approximate surface area is 119 Å². The second kappa shape index (κ2) is 5.70. The van der Waals surface area contributed by atoms with Gasteiger partial charge in [-0.05, 0) is 29.2 Å². The number of benzene rings is 1. The Morgan fingerprint density at radius 3 is 2.37 bits per heavy atom. The van der Waals surface area contributed by atoms with E-state index in [4.69, 9.17) is 5.73 Å². The molecule has 2 aromatic rings. The average molecular weight is 275 g/mol. The lowest BCUT2D eigenvalue weighted by Gasteiger charge is -2.19. The summed E-state index contributed by atoms with van der Waals surface area (Å²) in [6.07, 6.45) is 1.92. The summed E-state index contributed by atoms with van der Waals surface area (Å²) >= 11 is 1.84. The summed E-state index contributed by atoms with van der Waals surface area (Å²) in [5, 5.41) is 4.17. The Morgan fingerprint density at radius 2 is 1.84 bits per heavy atom. The highest BCUT2D eigenvalue weighted by atomic mass is 32.2. The van der Waals surface area contributed by atoms with Crippen molar-refractivity contribution in [2.45, 2.75) is 37.6 Å². The number of aromatic nitrogens is 2.